The fourth-order valence-corrected chi connectivity index (χ4v) is 2.63. The van der Waals surface area contributed by atoms with Crippen molar-refractivity contribution in [2.24, 2.45) is 0 Å². The largest absolute Gasteiger partial charge is 0.507 e. The predicted octanol–water partition coefficient (Wildman–Crippen LogP) is 1.90. The average Bonchev–Trinajstić information content (AvgIpc) is 2.80. The van der Waals surface area contributed by atoms with Crippen LogP contribution in [0, 0.1) is 11.6 Å². The van der Waals surface area contributed by atoms with Crippen molar-refractivity contribution in [3.8, 4) is 0 Å². The zero-order chi connectivity index (χ0) is 16.6. The Morgan fingerprint density at radius 3 is 2.87 bits per heavy atom. The summed E-state index contributed by atoms with van der Waals surface area (Å²) in [7, 11) is 0. The second-order valence-electron chi connectivity index (χ2n) is 5.21. The standard InChI is InChI=1S/C14H13F2N3O4/c15-9-5-4-8(6-10(9)16)7-18-13(20)19-11(17-18)2-1-3-12(19)23-14(21)22/h4-6,12H,1-3,7H2,(H,21,22). The van der Waals surface area contributed by atoms with Gasteiger partial charge in [0.1, 0.15) is 5.82 Å². The molecule has 7 nitrogen and oxygen atoms in total. The summed E-state index contributed by atoms with van der Waals surface area (Å²) in [5.41, 5.74) is -0.173. The highest BCUT2D eigenvalue weighted by molar-refractivity contribution is 5.56. The van der Waals surface area contributed by atoms with Crippen LogP contribution in [0.2, 0.25) is 0 Å². The van der Waals surface area contributed by atoms with Crippen molar-refractivity contribution in [2.45, 2.75) is 32.0 Å². The number of nitrogens with zero attached hydrogens (tertiary/aromatic N) is 3. The lowest BCUT2D eigenvalue weighted by atomic mass is 10.1. The lowest BCUT2D eigenvalue weighted by Crippen LogP contribution is -2.33. The van der Waals surface area contributed by atoms with Crippen LogP contribution in [0.3, 0.4) is 0 Å². The van der Waals surface area contributed by atoms with E-state index in [0.29, 0.717) is 30.7 Å². The molecule has 1 aliphatic heterocycles. The Kier molecular flexibility index (Phi) is 3.85. The van der Waals surface area contributed by atoms with E-state index >= 15 is 0 Å². The molecule has 23 heavy (non-hydrogen) atoms. The molecule has 0 spiro atoms. The number of aryl methyl sites for hydroxylation is 1. The van der Waals surface area contributed by atoms with E-state index in [-0.39, 0.29) is 6.54 Å². The third-order valence-electron chi connectivity index (χ3n) is 3.63. The van der Waals surface area contributed by atoms with Gasteiger partial charge in [-0.1, -0.05) is 6.07 Å². The summed E-state index contributed by atoms with van der Waals surface area (Å²) in [6.45, 7) is -0.0458. The Labute approximate surface area is 128 Å². The maximum absolute atomic E-state index is 13.2. The third-order valence-corrected chi connectivity index (χ3v) is 3.63. The monoisotopic (exact) mass is 325 g/mol. The summed E-state index contributed by atoms with van der Waals surface area (Å²) >= 11 is 0. The highest BCUT2D eigenvalue weighted by Crippen LogP contribution is 2.23. The van der Waals surface area contributed by atoms with E-state index in [4.69, 9.17) is 9.84 Å². The number of hydrogen-bond acceptors (Lipinski definition) is 4. The number of benzene rings is 1. The SMILES string of the molecule is O=C(O)OC1CCCc2nn(Cc3ccc(F)c(F)c3)c(=O)n21. The molecule has 1 aromatic heterocycles. The molecule has 0 fully saturated rings. The van der Waals surface area contributed by atoms with Crippen LogP contribution in [0.1, 0.15) is 30.5 Å². The van der Waals surface area contributed by atoms with Crippen molar-refractivity contribution >= 4 is 6.16 Å². The number of carbonyl (C=O) groups is 1. The fraction of sp³-hybridized carbons (Fsp3) is 0.357. The Bertz CT molecular complexity index is 815. The summed E-state index contributed by atoms with van der Waals surface area (Å²) in [5.74, 6) is -1.57. The Morgan fingerprint density at radius 2 is 2.17 bits per heavy atom. The molecule has 0 aliphatic carbocycles. The molecule has 0 saturated heterocycles. The molecule has 2 heterocycles. The van der Waals surface area contributed by atoms with Gasteiger partial charge in [-0.3, -0.25) is 0 Å². The molecule has 3 rings (SSSR count). The molecule has 9 heteroatoms. The van der Waals surface area contributed by atoms with Gasteiger partial charge in [-0.25, -0.2) is 27.6 Å². The lowest BCUT2D eigenvalue weighted by molar-refractivity contribution is 0.00392. The van der Waals surface area contributed by atoms with Crippen LogP contribution >= 0.6 is 0 Å². The normalized spacial score (nSPS) is 16.9. The minimum absolute atomic E-state index is 0.0458. The Morgan fingerprint density at radius 1 is 1.39 bits per heavy atom. The van der Waals surface area contributed by atoms with Gasteiger partial charge in [-0.15, -0.1) is 0 Å². The van der Waals surface area contributed by atoms with Gasteiger partial charge in [-0.05, 0) is 24.1 Å². The van der Waals surface area contributed by atoms with Crippen LogP contribution < -0.4 is 5.69 Å². The minimum atomic E-state index is -1.47. The smallest absolute Gasteiger partial charge is 0.450 e. The van der Waals surface area contributed by atoms with Crippen molar-refractivity contribution in [1.29, 1.82) is 0 Å². The molecule has 2 aromatic rings. The molecular formula is C14H13F2N3O4. The molecule has 1 aromatic carbocycles. The maximum Gasteiger partial charge on any atom is 0.507 e. The second-order valence-corrected chi connectivity index (χ2v) is 5.21. The van der Waals surface area contributed by atoms with Crippen molar-refractivity contribution in [3.63, 3.8) is 0 Å². The average molecular weight is 325 g/mol. The molecule has 1 aliphatic rings. The van der Waals surface area contributed by atoms with E-state index in [9.17, 15) is 18.4 Å². The van der Waals surface area contributed by atoms with E-state index in [1.807, 2.05) is 0 Å². The topological polar surface area (TPSA) is 86.3 Å². The third kappa shape index (κ3) is 2.94. The van der Waals surface area contributed by atoms with Gasteiger partial charge in [-0.2, -0.15) is 5.10 Å². The van der Waals surface area contributed by atoms with E-state index in [1.54, 1.807) is 0 Å². The van der Waals surface area contributed by atoms with Gasteiger partial charge in [0.05, 0.1) is 6.54 Å². The molecular weight excluding hydrogens is 312 g/mol. The highest BCUT2D eigenvalue weighted by atomic mass is 19.2. The van der Waals surface area contributed by atoms with E-state index in [1.165, 1.54) is 10.6 Å². The van der Waals surface area contributed by atoms with Crippen LogP contribution in [-0.2, 0) is 17.7 Å². The number of aromatic nitrogens is 3. The van der Waals surface area contributed by atoms with Gasteiger partial charge < -0.3 is 9.84 Å². The molecule has 0 radical (unpaired) electrons. The zero-order valence-corrected chi connectivity index (χ0v) is 11.9. The first-order chi connectivity index (χ1) is 11.0. The van der Waals surface area contributed by atoms with Crippen molar-refractivity contribution < 1.29 is 23.4 Å². The van der Waals surface area contributed by atoms with Gasteiger partial charge in [0.2, 0.25) is 0 Å². The van der Waals surface area contributed by atoms with Gasteiger partial charge >= 0.3 is 11.8 Å². The van der Waals surface area contributed by atoms with Crippen LogP contribution in [0.4, 0.5) is 13.6 Å². The summed E-state index contributed by atoms with van der Waals surface area (Å²) in [6, 6.07) is 3.32. The summed E-state index contributed by atoms with van der Waals surface area (Å²) in [5, 5.41) is 12.9. The molecule has 1 unspecified atom stereocenters. The molecule has 0 saturated carbocycles. The summed E-state index contributed by atoms with van der Waals surface area (Å²) in [4.78, 5) is 23.1. The maximum atomic E-state index is 13.2. The summed E-state index contributed by atoms with van der Waals surface area (Å²) in [6.07, 6.45) is -0.847. The van der Waals surface area contributed by atoms with E-state index < -0.39 is 29.7 Å². The van der Waals surface area contributed by atoms with Crippen LogP contribution in [0.5, 0.6) is 0 Å². The fourth-order valence-electron chi connectivity index (χ4n) is 2.63. The first-order valence-electron chi connectivity index (χ1n) is 6.97. The molecule has 0 amide bonds. The minimum Gasteiger partial charge on any atom is -0.450 e. The van der Waals surface area contributed by atoms with E-state index in [0.717, 1.165) is 16.8 Å². The number of carboxylic acid groups (broad SMARTS) is 1. The van der Waals surface area contributed by atoms with Crippen LogP contribution in [0.25, 0.3) is 0 Å². The first kappa shape index (κ1) is 15.2. The lowest BCUT2D eigenvalue weighted by Gasteiger charge is -2.21. The Balaban J connectivity index is 1.93. The van der Waals surface area contributed by atoms with Crippen molar-refractivity contribution in [2.75, 3.05) is 0 Å². The summed E-state index contributed by atoms with van der Waals surface area (Å²) < 4.78 is 33.2. The number of rotatable bonds is 3. The second kappa shape index (κ2) is 5.82. The molecule has 0 bridgehead atoms. The number of fused-ring (bicyclic) bond motifs is 1. The van der Waals surface area contributed by atoms with Crippen LogP contribution in [0.15, 0.2) is 23.0 Å². The Hall–Kier alpha value is -2.71. The van der Waals surface area contributed by atoms with Crippen molar-refractivity contribution in [3.05, 3.63) is 51.7 Å². The highest BCUT2D eigenvalue weighted by Gasteiger charge is 2.28. The first-order valence-corrected chi connectivity index (χ1v) is 6.97. The molecule has 122 valence electrons. The predicted molar refractivity (Wildman–Crippen MR) is 73.0 cm³/mol. The number of hydrogen-bond donors (Lipinski definition) is 1. The van der Waals surface area contributed by atoms with Gasteiger partial charge in [0, 0.05) is 12.8 Å². The van der Waals surface area contributed by atoms with E-state index in [2.05, 4.69) is 5.10 Å². The van der Waals surface area contributed by atoms with Crippen molar-refractivity contribution in [1.82, 2.24) is 14.3 Å². The number of halogens is 2. The van der Waals surface area contributed by atoms with Crippen LogP contribution in [-0.4, -0.2) is 25.6 Å². The van der Waals surface area contributed by atoms with Gasteiger partial charge in [0.15, 0.2) is 17.9 Å². The number of ether oxygens (including phenoxy) is 1. The van der Waals surface area contributed by atoms with Gasteiger partial charge in [0.25, 0.3) is 0 Å². The molecule has 1 N–H and O–H groups in total. The molecule has 1 atom stereocenters. The zero-order valence-electron chi connectivity index (χ0n) is 11.9. The quantitative estimate of drug-likeness (QED) is 0.871.